The molecule has 0 radical (unpaired) electrons. The summed E-state index contributed by atoms with van der Waals surface area (Å²) >= 11 is 0. The molecule has 1 aromatic heterocycles. The van der Waals surface area contributed by atoms with E-state index in [9.17, 15) is 19.4 Å². The van der Waals surface area contributed by atoms with Crippen molar-refractivity contribution in [1.29, 1.82) is 0 Å². The lowest BCUT2D eigenvalue weighted by Crippen LogP contribution is -2.63. The second-order valence-electron chi connectivity index (χ2n) is 13.1. The third-order valence-corrected chi connectivity index (χ3v) is 9.03. The maximum Gasteiger partial charge on any atom is 0.241 e. The fraction of sp³-hybridized carbons (Fsp3) is 0.625. The fourth-order valence-corrected chi connectivity index (χ4v) is 6.68. The number of aromatic nitrogens is 1. The number of morpholine rings is 1. The minimum atomic E-state index is -1.15. The van der Waals surface area contributed by atoms with Crippen LogP contribution in [0.4, 0.5) is 10.1 Å². The lowest BCUT2D eigenvalue weighted by Gasteiger charge is -2.46. The first kappa shape index (κ1) is 36.6. The molecule has 1 amide bonds. The Morgan fingerprint density at radius 1 is 1.16 bits per heavy atom. The van der Waals surface area contributed by atoms with Crippen LogP contribution in [0.25, 0.3) is 0 Å². The molecule has 4 heterocycles. The van der Waals surface area contributed by atoms with Crippen molar-refractivity contribution in [2.24, 2.45) is 0 Å². The Bertz CT molecular complexity index is 1260. The summed E-state index contributed by atoms with van der Waals surface area (Å²) in [5.41, 5.74) is 3.00. The molecule has 3 aliphatic rings. The van der Waals surface area contributed by atoms with Gasteiger partial charge in [-0.1, -0.05) is 26.0 Å². The summed E-state index contributed by atoms with van der Waals surface area (Å²) in [5.74, 6) is -0.299. The first-order valence-corrected chi connectivity index (χ1v) is 15.2. The Balaban J connectivity index is 0.00000264. The Labute approximate surface area is 273 Å². The van der Waals surface area contributed by atoms with Crippen molar-refractivity contribution in [3.05, 3.63) is 58.7 Å². The van der Waals surface area contributed by atoms with Crippen molar-refractivity contribution in [2.45, 2.75) is 76.7 Å². The highest BCUT2D eigenvalue weighted by atomic mass is 35.5. The summed E-state index contributed by atoms with van der Waals surface area (Å²) in [5, 5.41) is 24.1. The molecule has 0 unspecified atom stereocenters. The van der Waals surface area contributed by atoms with Crippen molar-refractivity contribution in [3.63, 3.8) is 0 Å². The SMILES string of the molecule is C[C@@H]1CN(CC(=O)N2CC(C)(C)c3nc([C@@H](O)CO)c(Cc4ccc(F)cc4)cc32)[C@@H](CN2[C@H](C)COC[C@H]2C)CN1.Cl.Cl. The zero-order chi connectivity index (χ0) is 30.2. The Kier molecular flexibility index (Phi) is 12.6. The minimum Gasteiger partial charge on any atom is -0.393 e. The number of amides is 1. The lowest BCUT2D eigenvalue weighted by molar-refractivity contribution is -0.121. The van der Waals surface area contributed by atoms with Gasteiger partial charge in [0.2, 0.25) is 5.91 Å². The lowest BCUT2D eigenvalue weighted by atomic mass is 9.90. The van der Waals surface area contributed by atoms with Gasteiger partial charge < -0.3 is 25.2 Å². The number of fused-ring (bicyclic) bond motifs is 1. The zero-order valence-electron chi connectivity index (χ0n) is 26.3. The summed E-state index contributed by atoms with van der Waals surface area (Å²) in [6.07, 6.45) is -0.762. The van der Waals surface area contributed by atoms with E-state index in [1.54, 1.807) is 12.1 Å². The molecule has 5 rings (SSSR count). The van der Waals surface area contributed by atoms with Crippen LogP contribution in [0.1, 0.15) is 63.2 Å². The van der Waals surface area contributed by atoms with Crippen LogP contribution >= 0.6 is 24.8 Å². The van der Waals surface area contributed by atoms with Crippen LogP contribution in [0.15, 0.2) is 30.3 Å². The highest BCUT2D eigenvalue weighted by molar-refractivity contribution is 5.97. The van der Waals surface area contributed by atoms with E-state index in [0.29, 0.717) is 42.9 Å². The molecule has 0 bridgehead atoms. The van der Waals surface area contributed by atoms with Crippen molar-refractivity contribution in [1.82, 2.24) is 20.1 Å². The number of nitrogens with zero attached hydrogens (tertiary/aromatic N) is 4. The number of anilines is 1. The Morgan fingerprint density at radius 3 is 2.45 bits per heavy atom. The Hall–Kier alpha value is -1.89. The first-order chi connectivity index (χ1) is 20.0. The number of ether oxygens (including phenoxy) is 1. The van der Waals surface area contributed by atoms with E-state index in [-0.39, 0.29) is 48.6 Å². The number of halogens is 3. The van der Waals surface area contributed by atoms with E-state index < -0.39 is 18.1 Å². The van der Waals surface area contributed by atoms with E-state index >= 15 is 0 Å². The molecule has 3 aliphatic heterocycles. The third kappa shape index (κ3) is 7.90. The topological polar surface area (TPSA) is 101 Å². The van der Waals surface area contributed by atoms with E-state index in [1.807, 2.05) is 11.0 Å². The summed E-state index contributed by atoms with van der Waals surface area (Å²) < 4.78 is 19.3. The number of aliphatic hydroxyl groups excluding tert-OH is 2. The number of rotatable bonds is 8. The average Bonchev–Trinajstić information content (AvgIpc) is 3.22. The number of nitrogens with one attached hydrogen (secondary N) is 1. The number of pyridine rings is 1. The van der Waals surface area contributed by atoms with Crippen LogP contribution in [0.5, 0.6) is 0 Å². The van der Waals surface area contributed by atoms with Crippen molar-refractivity contribution in [2.75, 3.05) is 57.4 Å². The molecular formula is C32H48Cl2FN5O4. The quantitative estimate of drug-likeness (QED) is 0.399. The van der Waals surface area contributed by atoms with Gasteiger partial charge in [-0.15, -0.1) is 24.8 Å². The van der Waals surface area contributed by atoms with E-state index in [4.69, 9.17) is 9.72 Å². The van der Waals surface area contributed by atoms with Gasteiger partial charge in [0.25, 0.3) is 0 Å². The molecule has 9 nitrogen and oxygen atoms in total. The molecule has 0 saturated carbocycles. The molecule has 3 N–H and O–H groups in total. The van der Waals surface area contributed by atoms with Crippen LogP contribution in [-0.4, -0.2) is 108 Å². The third-order valence-electron chi connectivity index (χ3n) is 9.03. The van der Waals surface area contributed by atoms with Crippen LogP contribution in [-0.2, 0) is 21.4 Å². The summed E-state index contributed by atoms with van der Waals surface area (Å²) in [6.45, 7) is 14.9. The normalized spacial score (nSPS) is 26.0. The number of carbonyl (C=O) groups excluding carboxylic acids is 1. The van der Waals surface area contributed by atoms with Gasteiger partial charge in [-0.3, -0.25) is 19.6 Å². The van der Waals surface area contributed by atoms with Gasteiger partial charge in [-0.25, -0.2) is 4.39 Å². The largest absolute Gasteiger partial charge is 0.393 e. The maximum atomic E-state index is 14.1. The molecule has 2 fully saturated rings. The molecule has 1 aromatic carbocycles. The standard InChI is InChI=1S/C32H46FN5O4.2ClH/c1-20-13-36(26(12-34-20)14-37-21(2)17-42-18-22(37)3)15-29(41)38-19-32(4,5)31-27(38)11-24(30(35-31)28(40)16-39)10-23-6-8-25(33)9-7-23;;/h6-9,11,20-22,26,28,34,39-40H,10,12-19H2,1-5H3;2*1H/t20-,21-,22-,26-,28+;;/m1../s1. The number of hydrogen-bond acceptors (Lipinski definition) is 8. The highest BCUT2D eigenvalue weighted by Crippen LogP contribution is 2.41. The van der Waals surface area contributed by atoms with Gasteiger partial charge in [-0.05, 0) is 56.5 Å². The minimum absolute atomic E-state index is 0. The molecule has 246 valence electrons. The van der Waals surface area contributed by atoms with Gasteiger partial charge in [0, 0.05) is 55.8 Å². The second kappa shape index (κ2) is 15.1. The number of carbonyl (C=O) groups is 1. The first-order valence-electron chi connectivity index (χ1n) is 15.2. The summed E-state index contributed by atoms with van der Waals surface area (Å²) in [7, 11) is 0. The highest BCUT2D eigenvalue weighted by Gasteiger charge is 2.42. The second-order valence-corrected chi connectivity index (χ2v) is 13.1. The van der Waals surface area contributed by atoms with Crippen molar-refractivity contribution in [3.8, 4) is 0 Å². The summed E-state index contributed by atoms with van der Waals surface area (Å²) in [4.78, 5) is 25.6. The molecule has 2 aromatic rings. The molecular weight excluding hydrogens is 608 g/mol. The predicted octanol–water partition coefficient (Wildman–Crippen LogP) is 3.08. The number of hydrogen-bond donors (Lipinski definition) is 3. The van der Waals surface area contributed by atoms with Crippen LogP contribution in [0.2, 0.25) is 0 Å². The van der Waals surface area contributed by atoms with Gasteiger partial charge in [0.05, 0.1) is 43.4 Å². The van der Waals surface area contributed by atoms with Gasteiger partial charge in [0.1, 0.15) is 11.9 Å². The van der Waals surface area contributed by atoms with Gasteiger partial charge in [0.15, 0.2) is 0 Å². The van der Waals surface area contributed by atoms with Crippen molar-refractivity contribution >= 4 is 36.4 Å². The molecule has 2 saturated heterocycles. The van der Waals surface area contributed by atoms with Crippen molar-refractivity contribution < 1.29 is 24.1 Å². The number of aliphatic hydroxyl groups is 2. The van der Waals surface area contributed by atoms with Crippen LogP contribution < -0.4 is 10.2 Å². The number of piperazine rings is 1. The molecule has 0 aliphatic carbocycles. The number of benzene rings is 1. The molecule has 0 spiro atoms. The average molecular weight is 657 g/mol. The van der Waals surface area contributed by atoms with E-state index in [2.05, 4.69) is 49.7 Å². The maximum absolute atomic E-state index is 14.1. The predicted molar refractivity (Wildman–Crippen MR) is 175 cm³/mol. The fourth-order valence-electron chi connectivity index (χ4n) is 6.68. The van der Waals surface area contributed by atoms with E-state index in [1.165, 1.54) is 12.1 Å². The summed E-state index contributed by atoms with van der Waals surface area (Å²) in [6, 6.07) is 9.26. The zero-order valence-corrected chi connectivity index (χ0v) is 28.0. The van der Waals surface area contributed by atoms with Gasteiger partial charge in [-0.2, -0.15) is 0 Å². The van der Waals surface area contributed by atoms with E-state index in [0.717, 1.165) is 49.8 Å². The molecule has 12 heteroatoms. The van der Waals surface area contributed by atoms with Crippen LogP contribution in [0, 0.1) is 5.82 Å². The smallest absolute Gasteiger partial charge is 0.241 e. The van der Waals surface area contributed by atoms with Gasteiger partial charge >= 0.3 is 0 Å². The molecule has 5 atom stereocenters. The molecule has 44 heavy (non-hydrogen) atoms. The monoisotopic (exact) mass is 655 g/mol. The van der Waals surface area contributed by atoms with Crippen LogP contribution in [0.3, 0.4) is 0 Å². The Morgan fingerprint density at radius 2 is 1.82 bits per heavy atom.